The van der Waals surface area contributed by atoms with Gasteiger partial charge in [-0.2, -0.15) is 0 Å². The van der Waals surface area contributed by atoms with Crippen LogP contribution in [0.3, 0.4) is 0 Å². The molecule has 0 spiro atoms. The standard InChI is InChI=1S/C5H8.C4H10NO5P.C4H6.CH5N/c1-3-5-4-2;1-4(6)5-2-3-10-11(7,8)9;1-3-4-2;1-2/h3-5H,1H2,2H3;2-3H2,1H3,(H,5,6)(H2,7,8,9);3-4H,1-2H2;2H2,1H3/b5-4-;;;. The van der Waals surface area contributed by atoms with Crippen molar-refractivity contribution >= 4 is 13.7 Å². The van der Waals surface area contributed by atoms with E-state index in [0.29, 0.717) is 0 Å². The first-order valence-corrected chi connectivity index (χ1v) is 7.77. The summed E-state index contributed by atoms with van der Waals surface area (Å²) in [5.41, 5.74) is 4.50. The number of hydrogen-bond acceptors (Lipinski definition) is 4. The Morgan fingerprint density at radius 3 is 1.86 bits per heavy atom. The molecular formula is C14H29N2O5P. The van der Waals surface area contributed by atoms with Crippen molar-refractivity contribution in [3.63, 3.8) is 0 Å². The molecule has 0 aliphatic carbocycles. The van der Waals surface area contributed by atoms with E-state index in [9.17, 15) is 9.36 Å². The third-order valence-electron chi connectivity index (χ3n) is 1.23. The van der Waals surface area contributed by atoms with Gasteiger partial charge in [-0.25, -0.2) is 4.57 Å². The molecule has 7 nitrogen and oxygen atoms in total. The van der Waals surface area contributed by atoms with Gasteiger partial charge in [0.1, 0.15) is 0 Å². The van der Waals surface area contributed by atoms with Crippen molar-refractivity contribution in [2.75, 3.05) is 20.2 Å². The summed E-state index contributed by atoms with van der Waals surface area (Å²) in [5.74, 6) is -0.265. The number of hydrogen-bond donors (Lipinski definition) is 4. The maximum atomic E-state index is 10.2. The first-order chi connectivity index (χ1) is 10.2. The highest BCUT2D eigenvalue weighted by molar-refractivity contribution is 7.46. The minimum absolute atomic E-state index is 0.0977. The lowest BCUT2D eigenvalue weighted by atomic mass is 10.5. The SMILES string of the molecule is C=C/C=C\C.C=CC=C.CC(=O)NCCOP(=O)(O)O.CN. The number of allylic oxidation sites excluding steroid dienone is 5. The molecule has 0 fully saturated rings. The van der Waals surface area contributed by atoms with E-state index in [1.807, 2.05) is 19.1 Å². The van der Waals surface area contributed by atoms with Crippen LogP contribution in [0.15, 0.2) is 50.1 Å². The zero-order valence-electron chi connectivity index (χ0n) is 13.6. The highest BCUT2D eigenvalue weighted by atomic mass is 31.2. The molecule has 0 saturated carbocycles. The van der Waals surface area contributed by atoms with E-state index < -0.39 is 7.82 Å². The fourth-order valence-corrected chi connectivity index (χ4v) is 0.857. The molecule has 0 bridgehead atoms. The van der Waals surface area contributed by atoms with Crippen LogP contribution in [0.1, 0.15) is 13.8 Å². The molecule has 0 aromatic heterocycles. The average Bonchev–Trinajstić information content (AvgIpc) is 2.46. The summed E-state index contributed by atoms with van der Waals surface area (Å²) >= 11 is 0. The predicted molar refractivity (Wildman–Crippen MR) is 92.2 cm³/mol. The second-order valence-corrected chi connectivity index (χ2v) is 4.28. The van der Waals surface area contributed by atoms with Gasteiger partial charge in [0, 0.05) is 13.5 Å². The summed E-state index contributed by atoms with van der Waals surface area (Å²) in [4.78, 5) is 26.5. The Labute approximate surface area is 133 Å². The summed E-state index contributed by atoms with van der Waals surface area (Å²) in [5, 5.41) is 2.31. The first kappa shape index (κ1) is 28.6. The minimum atomic E-state index is -4.38. The third kappa shape index (κ3) is 62.8. The molecule has 0 aliphatic heterocycles. The number of carbonyl (C=O) groups excluding carboxylic acids is 1. The Morgan fingerprint density at radius 1 is 1.23 bits per heavy atom. The monoisotopic (exact) mass is 336 g/mol. The molecule has 8 heteroatoms. The smallest absolute Gasteiger partial charge is 0.354 e. The lowest BCUT2D eigenvalue weighted by molar-refractivity contribution is -0.119. The van der Waals surface area contributed by atoms with Gasteiger partial charge in [0.2, 0.25) is 5.91 Å². The topological polar surface area (TPSA) is 122 Å². The highest BCUT2D eigenvalue weighted by Crippen LogP contribution is 2.34. The number of phosphoric ester groups is 1. The van der Waals surface area contributed by atoms with Gasteiger partial charge in [-0.1, -0.05) is 50.1 Å². The Hall–Kier alpha value is -1.50. The lowest BCUT2D eigenvalue weighted by Gasteiger charge is -2.04. The summed E-state index contributed by atoms with van der Waals surface area (Å²) in [6, 6.07) is 0. The van der Waals surface area contributed by atoms with Crippen molar-refractivity contribution in [1.29, 1.82) is 0 Å². The Morgan fingerprint density at radius 2 is 1.68 bits per heavy atom. The van der Waals surface area contributed by atoms with E-state index in [0.717, 1.165) is 0 Å². The number of phosphoric acid groups is 1. The van der Waals surface area contributed by atoms with Crippen LogP contribution in [0.4, 0.5) is 0 Å². The molecule has 0 radical (unpaired) electrons. The quantitative estimate of drug-likeness (QED) is 0.334. The number of nitrogens with one attached hydrogen (secondary N) is 1. The van der Waals surface area contributed by atoms with Gasteiger partial charge in [-0.05, 0) is 14.0 Å². The Balaban J connectivity index is -0.000000122. The van der Waals surface area contributed by atoms with Gasteiger partial charge in [0.05, 0.1) is 6.61 Å². The number of amides is 1. The number of carbonyl (C=O) groups is 1. The Kier molecular flexibility index (Phi) is 31.9. The maximum absolute atomic E-state index is 10.2. The van der Waals surface area contributed by atoms with E-state index in [2.05, 4.69) is 35.3 Å². The van der Waals surface area contributed by atoms with Gasteiger partial charge in [-0.3, -0.25) is 9.32 Å². The molecule has 1 amide bonds. The molecule has 0 aromatic carbocycles. The van der Waals surface area contributed by atoms with E-state index in [1.165, 1.54) is 14.0 Å². The van der Waals surface area contributed by atoms with E-state index in [1.54, 1.807) is 18.2 Å². The summed E-state index contributed by atoms with van der Waals surface area (Å²) in [6.07, 6.45) is 8.85. The van der Waals surface area contributed by atoms with Crippen LogP contribution in [0, 0.1) is 0 Å². The van der Waals surface area contributed by atoms with Crippen molar-refractivity contribution in [1.82, 2.24) is 5.32 Å². The molecular weight excluding hydrogens is 307 g/mol. The predicted octanol–water partition coefficient (Wildman–Crippen LogP) is 1.91. The van der Waals surface area contributed by atoms with Crippen molar-refractivity contribution in [3.05, 3.63) is 50.1 Å². The Bertz CT molecular complexity index is 345. The third-order valence-corrected chi connectivity index (χ3v) is 1.75. The fourth-order valence-electron chi connectivity index (χ4n) is 0.528. The van der Waals surface area contributed by atoms with E-state index in [4.69, 9.17) is 9.79 Å². The van der Waals surface area contributed by atoms with Crippen LogP contribution in [0.25, 0.3) is 0 Å². The molecule has 5 N–H and O–H groups in total. The number of rotatable bonds is 6. The van der Waals surface area contributed by atoms with Crippen LogP contribution < -0.4 is 11.1 Å². The summed E-state index contributed by atoms with van der Waals surface area (Å²) < 4.78 is 14.1. The first-order valence-electron chi connectivity index (χ1n) is 6.24. The van der Waals surface area contributed by atoms with Crippen LogP contribution in [0.2, 0.25) is 0 Å². The molecule has 0 heterocycles. The molecule has 0 unspecified atom stereocenters. The second-order valence-electron chi connectivity index (χ2n) is 3.04. The molecule has 0 aromatic rings. The molecule has 130 valence electrons. The summed E-state index contributed by atoms with van der Waals surface area (Å²) in [6.45, 7) is 13.4. The summed E-state index contributed by atoms with van der Waals surface area (Å²) in [7, 11) is -2.88. The molecule has 0 aliphatic rings. The van der Waals surface area contributed by atoms with Gasteiger partial charge in [-0.15, -0.1) is 0 Å². The maximum Gasteiger partial charge on any atom is 0.469 e. The van der Waals surface area contributed by atoms with Crippen LogP contribution >= 0.6 is 7.82 Å². The zero-order chi connectivity index (χ0) is 18.4. The second kappa shape index (κ2) is 24.5. The fraction of sp³-hybridized carbons (Fsp3) is 0.357. The van der Waals surface area contributed by atoms with Crippen LogP contribution in [-0.4, -0.2) is 35.9 Å². The van der Waals surface area contributed by atoms with Gasteiger partial charge in [0.15, 0.2) is 0 Å². The van der Waals surface area contributed by atoms with Crippen molar-refractivity contribution in [2.24, 2.45) is 5.73 Å². The normalized spacial score (nSPS) is 8.82. The van der Waals surface area contributed by atoms with Crippen molar-refractivity contribution in [3.8, 4) is 0 Å². The highest BCUT2D eigenvalue weighted by Gasteiger charge is 2.12. The molecule has 0 atom stereocenters. The van der Waals surface area contributed by atoms with Crippen LogP contribution in [0.5, 0.6) is 0 Å². The van der Waals surface area contributed by atoms with Crippen molar-refractivity contribution in [2.45, 2.75) is 13.8 Å². The van der Waals surface area contributed by atoms with E-state index in [-0.39, 0.29) is 19.1 Å². The molecule has 22 heavy (non-hydrogen) atoms. The minimum Gasteiger partial charge on any atom is -0.354 e. The zero-order valence-corrected chi connectivity index (χ0v) is 14.5. The number of nitrogens with two attached hydrogens (primary N) is 1. The van der Waals surface area contributed by atoms with E-state index >= 15 is 0 Å². The lowest BCUT2D eigenvalue weighted by Crippen LogP contribution is -2.23. The largest absolute Gasteiger partial charge is 0.469 e. The van der Waals surface area contributed by atoms with Gasteiger partial charge < -0.3 is 20.8 Å². The van der Waals surface area contributed by atoms with Gasteiger partial charge >= 0.3 is 7.82 Å². The average molecular weight is 336 g/mol. The van der Waals surface area contributed by atoms with Gasteiger partial charge in [0.25, 0.3) is 0 Å². The molecule has 0 rings (SSSR count). The van der Waals surface area contributed by atoms with Crippen molar-refractivity contribution < 1.29 is 23.7 Å². The van der Waals surface area contributed by atoms with Crippen LogP contribution in [-0.2, 0) is 13.9 Å². The molecule has 0 saturated heterocycles.